The van der Waals surface area contributed by atoms with Gasteiger partial charge in [-0.3, -0.25) is 0 Å². The number of hydrogen-bond donors (Lipinski definition) is 1. The number of rotatable bonds is 1. The van der Waals surface area contributed by atoms with Crippen LogP contribution >= 0.6 is 35.0 Å². The second kappa shape index (κ2) is 4.73. The molecule has 0 unspecified atom stereocenters. The lowest BCUT2D eigenvalue weighted by Gasteiger charge is -1.95. The van der Waals surface area contributed by atoms with E-state index < -0.39 is 0 Å². The molecule has 10 heavy (non-hydrogen) atoms. The maximum absolute atomic E-state index is 4.08. The normalized spacial score (nSPS) is 8.20. The minimum atomic E-state index is 0. The molecule has 2 nitrogen and oxygen atoms in total. The SMILES string of the molecule is CNc1ccc(I)cn1.Cl. The summed E-state index contributed by atoms with van der Waals surface area (Å²) >= 11 is 2.22. The summed E-state index contributed by atoms with van der Waals surface area (Å²) in [6, 6.07) is 3.96. The Morgan fingerprint density at radius 2 is 2.20 bits per heavy atom. The van der Waals surface area contributed by atoms with E-state index in [4.69, 9.17) is 0 Å². The standard InChI is InChI=1S/C6H7IN2.ClH/c1-8-6-3-2-5(7)4-9-6;/h2-4H,1H3,(H,8,9);1H. The Labute approximate surface area is 80.0 Å². The molecular formula is C6H8ClIN2. The predicted octanol–water partition coefficient (Wildman–Crippen LogP) is 2.15. The van der Waals surface area contributed by atoms with E-state index in [1.54, 1.807) is 0 Å². The molecule has 1 heterocycles. The summed E-state index contributed by atoms with van der Waals surface area (Å²) in [5.74, 6) is 0.912. The number of hydrogen-bond acceptors (Lipinski definition) is 2. The highest BCUT2D eigenvalue weighted by Crippen LogP contribution is 2.05. The van der Waals surface area contributed by atoms with Gasteiger partial charge in [0.25, 0.3) is 0 Å². The molecule has 1 N–H and O–H groups in total. The van der Waals surface area contributed by atoms with Gasteiger partial charge in [0, 0.05) is 16.8 Å². The first-order valence-electron chi connectivity index (χ1n) is 2.62. The van der Waals surface area contributed by atoms with Gasteiger partial charge >= 0.3 is 0 Å². The van der Waals surface area contributed by atoms with Gasteiger partial charge in [-0.25, -0.2) is 4.98 Å². The summed E-state index contributed by atoms with van der Waals surface area (Å²) in [4.78, 5) is 4.08. The Bertz CT molecular complexity index is 187. The molecule has 1 rings (SSSR count). The number of pyridine rings is 1. The molecular weight excluding hydrogens is 262 g/mol. The van der Waals surface area contributed by atoms with E-state index in [-0.39, 0.29) is 12.4 Å². The molecule has 0 atom stereocenters. The van der Waals surface area contributed by atoms with Crippen LogP contribution in [0.2, 0.25) is 0 Å². The van der Waals surface area contributed by atoms with E-state index in [0.29, 0.717) is 0 Å². The zero-order valence-electron chi connectivity index (χ0n) is 5.47. The van der Waals surface area contributed by atoms with Crippen molar-refractivity contribution in [1.82, 2.24) is 4.98 Å². The van der Waals surface area contributed by atoms with E-state index in [0.717, 1.165) is 9.39 Å². The third kappa shape index (κ3) is 2.70. The summed E-state index contributed by atoms with van der Waals surface area (Å²) in [7, 11) is 1.86. The van der Waals surface area contributed by atoms with Gasteiger partial charge in [-0.05, 0) is 34.7 Å². The van der Waals surface area contributed by atoms with Crippen molar-refractivity contribution < 1.29 is 0 Å². The molecule has 0 aliphatic heterocycles. The number of halogens is 2. The smallest absolute Gasteiger partial charge is 0.125 e. The van der Waals surface area contributed by atoms with Crippen LogP contribution in [-0.2, 0) is 0 Å². The molecule has 0 saturated carbocycles. The Hall–Kier alpha value is -0.0300. The van der Waals surface area contributed by atoms with Gasteiger partial charge in [0.15, 0.2) is 0 Å². The highest BCUT2D eigenvalue weighted by Gasteiger charge is 1.86. The first kappa shape index (κ1) is 9.97. The van der Waals surface area contributed by atoms with Gasteiger partial charge in [-0.15, -0.1) is 12.4 Å². The molecule has 0 aromatic carbocycles. The van der Waals surface area contributed by atoms with Crippen molar-refractivity contribution in [1.29, 1.82) is 0 Å². The summed E-state index contributed by atoms with van der Waals surface area (Å²) in [6.07, 6.45) is 1.83. The first-order chi connectivity index (χ1) is 4.33. The van der Waals surface area contributed by atoms with E-state index in [9.17, 15) is 0 Å². The summed E-state index contributed by atoms with van der Waals surface area (Å²) in [5, 5.41) is 2.94. The minimum absolute atomic E-state index is 0. The lowest BCUT2D eigenvalue weighted by molar-refractivity contribution is 1.27. The predicted molar refractivity (Wildman–Crippen MR) is 53.7 cm³/mol. The number of anilines is 1. The van der Waals surface area contributed by atoms with Crippen molar-refractivity contribution in [3.63, 3.8) is 0 Å². The van der Waals surface area contributed by atoms with Crippen LogP contribution < -0.4 is 5.32 Å². The van der Waals surface area contributed by atoms with Crippen LogP contribution in [0.25, 0.3) is 0 Å². The second-order valence-corrected chi connectivity index (χ2v) is 2.86. The van der Waals surface area contributed by atoms with Crippen molar-refractivity contribution >= 4 is 40.8 Å². The Kier molecular flexibility index (Phi) is 4.72. The molecule has 0 aliphatic carbocycles. The fourth-order valence-corrected chi connectivity index (χ4v) is 0.843. The van der Waals surface area contributed by atoms with Crippen molar-refractivity contribution in [3.05, 3.63) is 21.9 Å². The molecule has 1 aromatic rings. The average Bonchev–Trinajstić information content (AvgIpc) is 1.90. The Morgan fingerprint density at radius 3 is 2.60 bits per heavy atom. The molecule has 1 aromatic heterocycles. The maximum atomic E-state index is 4.08. The third-order valence-electron chi connectivity index (χ3n) is 0.984. The van der Waals surface area contributed by atoms with Crippen LogP contribution in [0.5, 0.6) is 0 Å². The fourth-order valence-electron chi connectivity index (χ4n) is 0.524. The van der Waals surface area contributed by atoms with Crippen LogP contribution in [-0.4, -0.2) is 12.0 Å². The lowest BCUT2D eigenvalue weighted by atomic mass is 10.5. The highest BCUT2D eigenvalue weighted by molar-refractivity contribution is 14.1. The summed E-state index contributed by atoms with van der Waals surface area (Å²) in [5.41, 5.74) is 0. The molecule has 0 aliphatic rings. The number of aromatic nitrogens is 1. The number of nitrogens with zero attached hydrogens (tertiary/aromatic N) is 1. The zero-order valence-corrected chi connectivity index (χ0v) is 8.44. The average molecular weight is 271 g/mol. The fraction of sp³-hybridized carbons (Fsp3) is 0.167. The molecule has 0 spiro atoms. The summed E-state index contributed by atoms with van der Waals surface area (Å²) < 4.78 is 1.16. The molecule has 0 amide bonds. The van der Waals surface area contributed by atoms with E-state index in [1.165, 1.54) is 0 Å². The topological polar surface area (TPSA) is 24.9 Å². The van der Waals surface area contributed by atoms with E-state index in [2.05, 4.69) is 32.9 Å². The number of nitrogens with one attached hydrogen (secondary N) is 1. The molecule has 0 radical (unpaired) electrons. The molecule has 56 valence electrons. The van der Waals surface area contributed by atoms with Crippen LogP contribution in [0, 0.1) is 3.57 Å². The highest BCUT2D eigenvalue weighted by atomic mass is 127. The van der Waals surface area contributed by atoms with Gasteiger partial charge < -0.3 is 5.32 Å². The van der Waals surface area contributed by atoms with Gasteiger partial charge in [-0.2, -0.15) is 0 Å². The van der Waals surface area contributed by atoms with Crippen LogP contribution in [0.15, 0.2) is 18.3 Å². The van der Waals surface area contributed by atoms with Crippen LogP contribution in [0.1, 0.15) is 0 Å². The molecule has 0 fully saturated rings. The monoisotopic (exact) mass is 270 g/mol. The Morgan fingerprint density at radius 1 is 1.50 bits per heavy atom. The van der Waals surface area contributed by atoms with E-state index >= 15 is 0 Å². The minimum Gasteiger partial charge on any atom is -0.373 e. The zero-order chi connectivity index (χ0) is 6.69. The lowest BCUT2D eigenvalue weighted by Crippen LogP contribution is -1.90. The van der Waals surface area contributed by atoms with Crippen molar-refractivity contribution in [2.75, 3.05) is 12.4 Å². The Balaban J connectivity index is 0.000000810. The first-order valence-corrected chi connectivity index (χ1v) is 3.70. The molecule has 0 bridgehead atoms. The van der Waals surface area contributed by atoms with Crippen LogP contribution in [0.3, 0.4) is 0 Å². The maximum Gasteiger partial charge on any atom is 0.125 e. The van der Waals surface area contributed by atoms with Crippen molar-refractivity contribution in [3.8, 4) is 0 Å². The third-order valence-corrected chi connectivity index (χ3v) is 1.62. The van der Waals surface area contributed by atoms with E-state index in [1.807, 2.05) is 25.4 Å². The largest absolute Gasteiger partial charge is 0.373 e. The summed E-state index contributed by atoms with van der Waals surface area (Å²) in [6.45, 7) is 0. The quantitative estimate of drug-likeness (QED) is 0.791. The second-order valence-electron chi connectivity index (χ2n) is 1.61. The van der Waals surface area contributed by atoms with Crippen LogP contribution in [0.4, 0.5) is 5.82 Å². The van der Waals surface area contributed by atoms with Gasteiger partial charge in [0.2, 0.25) is 0 Å². The van der Waals surface area contributed by atoms with Gasteiger partial charge in [0.1, 0.15) is 5.82 Å². The van der Waals surface area contributed by atoms with Gasteiger partial charge in [-0.1, -0.05) is 0 Å². The molecule has 4 heteroatoms. The van der Waals surface area contributed by atoms with Gasteiger partial charge in [0.05, 0.1) is 0 Å². The molecule has 0 saturated heterocycles. The van der Waals surface area contributed by atoms with Crippen molar-refractivity contribution in [2.24, 2.45) is 0 Å². The van der Waals surface area contributed by atoms with Crippen molar-refractivity contribution in [2.45, 2.75) is 0 Å².